The molecule has 0 aromatic heterocycles. The molecule has 0 saturated heterocycles. The summed E-state index contributed by atoms with van der Waals surface area (Å²) in [6, 6.07) is 2.93. The van der Waals surface area contributed by atoms with E-state index < -0.39 is 5.82 Å². The molecule has 0 saturated carbocycles. The summed E-state index contributed by atoms with van der Waals surface area (Å²) in [5.74, 6) is -0.185. The van der Waals surface area contributed by atoms with Crippen molar-refractivity contribution in [2.24, 2.45) is 0 Å². The molecule has 0 unspecified atom stereocenters. The molecule has 1 aromatic carbocycles. The Kier molecular flexibility index (Phi) is 5.71. The van der Waals surface area contributed by atoms with Crippen LogP contribution in [-0.2, 0) is 4.74 Å². The van der Waals surface area contributed by atoms with Crippen molar-refractivity contribution in [3.8, 4) is 5.75 Å². The first-order valence-corrected chi connectivity index (χ1v) is 6.02. The van der Waals surface area contributed by atoms with Crippen LogP contribution in [0.2, 0.25) is 0 Å². The molecule has 1 aromatic rings. The standard InChI is InChI=1S/C13H21FN2O2/c1-4-6-18-13-9-12(11(15)8-10(13)14)16(2)5-7-17-3/h8-9H,4-7,15H2,1-3H3. The molecule has 0 spiro atoms. The molecule has 0 amide bonds. The first kappa shape index (κ1) is 14.6. The minimum atomic E-state index is -0.426. The van der Waals surface area contributed by atoms with Crippen LogP contribution in [0.5, 0.6) is 5.75 Å². The van der Waals surface area contributed by atoms with E-state index in [-0.39, 0.29) is 5.75 Å². The molecule has 0 bridgehead atoms. The van der Waals surface area contributed by atoms with Gasteiger partial charge in [-0.1, -0.05) is 6.92 Å². The van der Waals surface area contributed by atoms with Gasteiger partial charge in [-0.25, -0.2) is 4.39 Å². The van der Waals surface area contributed by atoms with Crippen LogP contribution in [0.15, 0.2) is 12.1 Å². The highest BCUT2D eigenvalue weighted by Gasteiger charge is 2.12. The summed E-state index contributed by atoms with van der Waals surface area (Å²) in [6.07, 6.45) is 0.832. The first-order chi connectivity index (χ1) is 8.60. The third-order valence-electron chi connectivity index (χ3n) is 2.58. The zero-order valence-electron chi connectivity index (χ0n) is 11.2. The van der Waals surface area contributed by atoms with Gasteiger partial charge in [-0.3, -0.25) is 0 Å². The van der Waals surface area contributed by atoms with Crippen molar-refractivity contribution < 1.29 is 13.9 Å². The zero-order valence-corrected chi connectivity index (χ0v) is 11.2. The van der Waals surface area contributed by atoms with Gasteiger partial charge in [-0.15, -0.1) is 0 Å². The Morgan fingerprint density at radius 3 is 2.67 bits per heavy atom. The molecule has 5 heteroatoms. The number of ether oxygens (including phenoxy) is 2. The summed E-state index contributed by atoms with van der Waals surface area (Å²) in [5, 5.41) is 0. The molecule has 1 rings (SSSR count). The van der Waals surface area contributed by atoms with Crippen molar-refractivity contribution in [2.45, 2.75) is 13.3 Å². The maximum Gasteiger partial charge on any atom is 0.167 e. The maximum atomic E-state index is 13.6. The number of nitrogens with zero attached hydrogens (tertiary/aromatic N) is 1. The molecule has 18 heavy (non-hydrogen) atoms. The van der Waals surface area contributed by atoms with Crippen LogP contribution >= 0.6 is 0 Å². The number of rotatable bonds is 7. The van der Waals surface area contributed by atoms with Crippen molar-refractivity contribution in [1.82, 2.24) is 0 Å². The van der Waals surface area contributed by atoms with Crippen LogP contribution in [0.4, 0.5) is 15.8 Å². The molecule has 2 N–H and O–H groups in total. The number of nitrogen functional groups attached to an aromatic ring is 1. The molecule has 0 aliphatic heterocycles. The second kappa shape index (κ2) is 7.06. The quantitative estimate of drug-likeness (QED) is 0.760. The third kappa shape index (κ3) is 3.77. The minimum absolute atomic E-state index is 0.241. The first-order valence-electron chi connectivity index (χ1n) is 6.02. The Morgan fingerprint density at radius 2 is 2.06 bits per heavy atom. The summed E-state index contributed by atoms with van der Waals surface area (Å²) in [5.41, 5.74) is 6.96. The third-order valence-corrected chi connectivity index (χ3v) is 2.58. The van der Waals surface area contributed by atoms with Gasteiger partial charge in [0.2, 0.25) is 0 Å². The molecule has 4 nitrogen and oxygen atoms in total. The van der Waals surface area contributed by atoms with E-state index in [0.29, 0.717) is 25.4 Å². The Bertz CT molecular complexity index is 385. The van der Waals surface area contributed by atoms with Gasteiger partial charge in [0.05, 0.1) is 24.6 Å². The Balaban J connectivity index is 2.89. The molecule has 0 aliphatic carbocycles. The van der Waals surface area contributed by atoms with E-state index in [1.807, 2.05) is 18.9 Å². The smallest absolute Gasteiger partial charge is 0.167 e. The minimum Gasteiger partial charge on any atom is -0.490 e. The number of benzene rings is 1. The van der Waals surface area contributed by atoms with Crippen molar-refractivity contribution in [3.05, 3.63) is 17.9 Å². The normalized spacial score (nSPS) is 10.4. The lowest BCUT2D eigenvalue weighted by Crippen LogP contribution is -2.23. The molecular weight excluding hydrogens is 235 g/mol. The van der Waals surface area contributed by atoms with E-state index in [0.717, 1.165) is 12.1 Å². The second-order valence-corrected chi connectivity index (χ2v) is 4.10. The van der Waals surface area contributed by atoms with Crippen LogP contribution in [0, 0.1) is 5.82 Å². The summed E-state index contributed by atoms with van der Waals surface area (Å²) in [7, 11) is 3.52. The van der Waals surface area contributed by atoms with Gasteiger partial charge < -0.3 is 20.1 Å². The molecule has 0 fully saturated rings. The van der Waals surface area contributed by atoms with Gasteiger partial charge in [0.15, 0.2) is 11.6 Å². The van der Waals surface area contributed by atoms with Crippen molar-refractivity contribution in [1.29, 1.82) is 0 Å². The van der Waals surface area contributed by atoms with Gasteiger partial charge in [0.1, 0.15) is 0 Å². The Morgan fingerprint density at radius 1 is 1.33 bits per heavy atom. The number of nitrogens with two attached hydrogens (primary N) is 1. The van der Waals surface area contributed by atoms with Crippen LogP contribution in [-0.4, -0.2) is 33.9 Å². The zero-order chi connectivity index (χ0) is 13.5. The van der Waals surface area contributed by atoms with Gasteiger partial charge in [-0.05, 0) is 6.42 Å². The van der Waals surface area contributed by atoms with Crippen LogP contribution in [0.1, 0.15) is 13.3 Å². The topological polar surface area (TPSA) is 47.7 Å². The van der Waals surface area contributed by atoms with E-state index in [2.05, 4.69) is 0 Å². The number of likely N-dealkylation sites (N-methyl/N-ethyl adjacent to an activating group) is 1. The average Bonchev–Trinajstić information content (AvgIpc) is 2.35. The van der Waals surface area contributed by atoms with E-state index in [4.69, 9.17) is 15.2 Å². The second-order valence-electron chi connectivity index (χ2n) is 4.10. The summed E-state index contributed by atoms with van der Waals surface area (Å²) in [6.45, 7) is 3.72. The number of hydrogen-bond donors (Lipinski definition) is 1. The van der Waals surface area contributed by atoms with Crippen LogP contribution in [0.3, 0.4) is 0 Å². The lowest BCUT2D eigenvalue weighted by atomic mass is 10.2. The highest BCUT2D eigenvalue weighted by atomic mass is 19.1. The van der Waals surface area contributed by atoms with Crippen LogP contribution < -0.4 is 15.4 Å². The SMILES string of the molecule is CCCOc1cc(N(C)CCOC)c(N)cc1F. The number of methoxy groups -OCH3 is 1. The molecule has 0 radical (unpaired) electrons. The van der Waals surface area contributed by atoms with Gasteiger partial charge in [0, 0.05) is 32.8 Å². The molecule has 0 aliphatic rings. The van der Waals surface area contributed by atoms with Crippen molar-refractivity contribution in [2.75, 3.05) is 44.5 Å². The van der Waals surface area contributed by atoms with Gasteiger partial charge >= 0.3 is 0 Å². The summed E-state index contributed by atoms with van der Waals surface area (Å²) in [4.78, 5) is 1.91. The Hall–Kier alpha value is -1.49. The summed E-state index contributed by atoms with van der Waals surface area (Å²) < 4.78 is 24.0. The van der Waals surface area contributed by atoms with Gasteiger partial charge in [-0.2, -0.15) is 0 Å². The lowest BCUT2D eigenvalue weighted by molar-refractivity contribution is 0.206. The van der Waals surface area contributed by atoms with Gasteiger partial charge in [0.25, 0.3) is 0 Å². The monoisotopic (exact) mass is 256 g/mol. The van der Waals surface area contributed by atoms with Crippen molar-refractivity contribution in [3.63, 3.8) is 0 Å². The Labute approximate surface area is 107 Å². The highest BCUT2D eigenvalue weighted by molar-refractivity contribution is 5.69. The molecule has 0 atom stereocenters. The highest BCUT2D eigenvalue weighted by Crippen LogP contribution is 2.30. The fourth-order valence-electron chi connectivity index (χ4n) is 1.56. The largest absolute Gasteiger partial charge is 0.490 e. The average molecular weight is 256 g/mol. The summed E-state index contributed by atoms with van der Waals surface area (Å²) >= 11 is 0. The predicted molar refractivity (Wildman–Crippen MR) is 71.7 cm³/mol. The number of halogens is 1. The van der Waals surface area contributed by atoms with E-state index in [1.165, 1.54) is 6.07 Å². The molecule has 102 valence electrons. The van der Waals surface area contributed by atoms with E-state index >= 15 is 0 Å². The molecule has 0 heterocycles. The number of anilines is 2. The van der Waals surface area contributed by atoms with E-state index in [9.17, 15) is 4.39 Å². The van der Waals surface area contributed by atoms with E-state index in [1.54, 1.807) is 13.2 Å². The predicted octanol–water partition coefficient (Wildman–Crippen LogP) is 2.28. The van der Waals surface area contributed by atoms with Crippen LogP contribution in [0.25, 0.3) is 0 Å². The lowest BCUT2D eigenvalue weighted by Gasteiger charge is -2.21. The fourth-order valence-corrected chi connectivity index (χ4v) is 1.56. The molecular formula is C13H21FN2O2. The number of hydrogen-bond acceptors (Lipinski definition) is 4. The van der Waals surface area contributed by atoms with Crippen molar-refractivity contribution >= 4 is 11.4 Å². The maximum absolute atomic E-state index is 13.6. The fraction of sp³-hybridized carbons (Fsp3) is 0.538.